The smallest absolute Gasteiger partial charge is 0.264 e. The molecule has 1 N–H and O–H groups in total. The Bertz CT molecular complexity index is 1400. The third kappa shape index (κ3) is 3.91. The first-order valence-electron chi connectivity index (χ1n) is 10.5. The maximum absolute atomic E-state index is 13.5. The lowest BCUT2D eigenvalue weighted by molar-refractivity contribution is -0.136. The summed E-state index contributed by atoms with van der Waals surface area (Å²) in [7, 11) is 0. The molecule has 0 radical (unpaired) electrons. The fraction of sp³-hybridized carbons (Fsp3) is 0.111. The number of hydrogen-bond donors (Lipinski definition) is 1. The summed E-state index contributed by atoms with van der Waals surface area (Å²) >= 11 is 12.2. The van der Waals surface area contributed by atoms with Crippen molar-refractivity contribution in [3.63, 3.8) is 0 Å². The van der Waals surface area contributed by atoms with Gasteiger partial charge in [0.15, 0.2) is 11.4 Å². The van der Waals surface area contributed by atoms with Gasteiger partial charge in [-0.25, -0.2) is 0 Å². The molecule has 4 aromatic carbocycles. The van der Waals surface area contributed by atoms with E-state index in [1.807, 2.05) is 42.5 Å². The maximum Gasteiger partial charge on any atom is 0.264 e. The quantitative estimate of drug-likeness (QED) is 0.352. The van der Waals surface area contributed by atoms with Crippen LogP contribution < -0.4 is 4.90 Å². The van der Waals surface area contributed by atoms with Crippen LogP contribution in [-0.2, 0) is 16.9 Å². The number of fused-ring (bicyclic) bond motifs is 2. The van der Waals surface area contributed by atoms with Gasteiger partial charge in [0.2, 0.25) is 0 Å². The van der Waals surface area contributed by atoms with Crippen LogP contribution in [0.25, 0.3) is 10.8 Å². The molecule has 0 spiro atoms. The number of carbonyl (C=O) groups excluding carboxylic acids is 2. The van der Waals surface area contributed by atoms with E-state index >= 15 is 0 Å². The van der Waals surface area contributed by atoms with Gasteiger partial charge in [0.05, 0.1) is 18.7 Å². The fourth-order valence-corrected chi connectivity index (χ4v) is 4.62. The predicted molar refractivity (Wildman–Crippen MR) is 131 cm³/mol. The second kappa shape index (κ2) is 8.31. The second-order valence-electron chi connectivity index (χ2n) is 8.20. The zero-order valence-electron chi connectivity index (χ0n) is 17.5. The number of benzene rings is 4. The number of carbonyl (C=O) groups is 2. The van der Waals surface area contributed by atoms with Crippen molar-refractivity contribution in [1.29, 1.82) is 0 Å². The number of nitrogens with zero attached hydrogens (tertiary/aromatic N) is 1. The van der Waals surface area contributed by atoms with Crippen molar-refractivity contribution in [2.24, 2.45) is 0 Å². The van der Waals surface area contributed by atoms with Gasteiger partial charge < -0.3 is 10.0 Å². The summed E-state index contributed by atoms with van der Waals surface area (Å²) in [6, 6.07) is 25.1. The number of Topliss-reactive ketones (excluding diaryl/α,β-unsaturated/α-hetero) is 1. The van der Waals surface area contributed by atoms with Gasteiger partial charge in [0.1, 0.15) is 0 Å². The first-order chi connectivity index (χ1) is 15.8. The van der Waals surface area contributed by atoms with Crippen LogP contribution in [0.2, 0.25) is 10.0 Å². The molecule has 4 aromatic rings. The molecule has 1 aliphatic heterocycles. The molecule has 0 bridgehead atoms. The van der Waals surface area contributed by atoms with E-state index in [0.29, 0.717) is 26.9 Å². The molecule has 5 rings (SSSR count). The van der Waals surface area contributed by atoms with Crippen LogP contribution in [0.1, 0.15) is 27.9 Å². The van der Waals surface area contributed by atoms with Gasteiger partial charge in [0.25, 0.3) is 5.91 Å². The summed E-state index contributed by atoms with van der Waals surface area (Å²) in [5.41, 5.74) is 0.153. The molecule has 0 saturated carbocycles. The van der Waals surface area contributed by atoms with Crippen LogP contribution in [0, 0.1) is 0 Å². The van der Waals surface area contributed by atoms with Crippen molar-refractivity contribution in [3.8, 4) is 0 Å². The molecule has 1 aliphatic rings. The monoisotopic (exact) mass is 475 g/mol. The van der Waals surface area contributed by atoms with Crippen molar-refractivity contribution in [1.82, 2.24) is 0 Å². The number of halogens is 2. The van der Waals surface area contributed by atoms with E-state index < -0.39 is 11.5 Å². The first-order valence-corrected chi connectivity index (χ1v) is 11.2. The molecule has 0 fully saturated rings. The molecule has 0 aliphatic carbocycles. The molecule has 33 heavy (non-hydrogen) atoms. The van der Waals surface area contributed by atoms with E-state index in [2.05, 4.69) is 0 Å². The van der Waals surface area contributed by atoms with Gasteiger partial charge in [-0.15, -0.1) is 0 Å². The van der Waals surface area contributed by atoms with E-state index in [9.17, 15) is 14.7 Å². The number of aliphatic hydroxyl groups is 1. The molecule has 4 nitrogen and oxygen atoms in total. The summed E-state index contributed by atoms with van der Waals surface area (Å²) in [6.45, 7) is 0.233. The zero-order valence-corrected chi connectivity index (χ0v) is 19.0. The van der Waals surface area contributed by atoms with Gasteiger partial charge in [-0.2, -0.15) is 0 Å². The van der Waals surface area contributed by atoms with E-state index in [4.69, 9.17) is 23.2 Å². The summed E-state index contributed by atoms with van der Waals surface area (Å²) in [5.74, 6) is -0.875. The minimum absolute atomic E-state index is 0.233. The highest BCUT2D eigenvalue weighted by atomic mass is 35.5. The highest BCUT2D eigenvalue weighted by Crippen LogP contribution is 2.45. The van der Waals surface area contributed by atoms with Crippen LogP contribution in [0.15, 0.2) is 84.9 Å². The number of amides is 1. The minimum Gasteiger partial charge on any atom is -0.375 e. The Labute approximate surface area is 201 Å². The Kier molecular flexibility index (Phi) is 5.45. The molecule has 1 amide bonds. The fourth-order valence-electron chi connectivity index (χ4n) is 4.32. The molecule has 0 unspecified atom stereocenters. The normalized spacial score (nSPS) is 17.4. The summed E-state index contributed by atoms with van der Waals surface area (Å²) in [6.07, 6.45) is -0.380. The maximum atomic E-state index is 13.5. The average Bonchev–Trinajstić information content (AvgIpc) is 3.01. The average molecular weight is 476 g/mol. The summed E-state index contributed by atoms with van der Waals surface area (Å²) < 4.78 is 0. The third-order valence-electron chi connectivity index (χ3n) is 6.04. The minimum atomic E-state index is -2.00. The third-order valence-corrected chi connectivity index (χ3v) is 6.52. The molecule has 0 aromatic heterocycles. The predicted octanol–water partition coefficient (Wildman–Crippen LogP) is 6.15. The van der Waals surface area contributed by atoms with Crippen LogP contribution in [-0.4, -0.2) is 16.8 Å². The van der Waals surface area contributed by atoms with Crippen molar-refractivity contribution >= 4 is 51.4 Å². The van der Waals surface area contributed by atoms with Gasteiger partial charge in [-0.05, 0) is 52.7 Å². The lowest BCUT2D eigenvalue weighted by atomic mass is 9.87. The molecule has 1 heterocycles. The lowest BCUT2D eigenvalue weighted by Crippen LogP contribution is -2.41. The highest BCUT2D eigenvalue weighted by molar-refractivity contribution is 6.31. The number of rotatable bonds is 5. The standard InChI is InChI=1S/C27H19Cl2NO3/c28-21-9-5-17(6-10-21)16-30-24-12-11-22(29)14-23(24)27(33,26(30)32)15-25(31)20-8-7-18-3-1-2-4-19(18)13-20/h1-14,33H,15-16H2/t27-/m0/s1. The van der Waals surface area contributed by atoms with E-state index in [1.54, 1.807) is 42.5 Å². The molecular weight excluding hydrogens is 457 g/mol. The Morgan fingerprint density at radius 2 is 1.55 bits per heavy atom. The number of hydrogen-bond acceptors (Lipinski definition) is 3. The first kappa shape index (κ1) is 21.7. The van der Waals surface area contributed by atoms with E-state index in [-0.39, 0.29) is 18.7 Å². The molecule has 6 heteroatoms. The molecule has 164 valence electrons. The van der Waals surface area contributed by atoms with Crippen molar-refractivity contribution in [2.45, 2.75) is 18.6 Å². The topological polar surface area (TPSA) is 57.6 Å². The Balaban J connectivity index is 1.50. The Hall–Kier alpha value is -3.18. The summed E-state index contributed by atoms with van der Waals surface area (Å²) in [5, 5.41) is 14.5. The number of anilines is 1. The largest absolute Gasteiger partial charge is 0.375 e. The molecular formula is C27H19Cl2NO3. The van der Waals surface area contributed by atoms with Crippen molar-refractivity contribution < 1.29 is 14.7 Å². The van der Waals surface area contributed by atoms with Crippen molar-refractivity contribution in [2.75, 3.05) is 4.90 Å². The van der Waals surface area contributed by atoms with Crippen LogP contribution in [0.5, 0.6) is 0 Å². The molecule has 1 atom stereocenters. The summed E-state index contributed by atoms with van der Waals surface area (Å²) in [4.78, 5) is 28.2. The van der Waals surface area contributed by atoms with Gasteiger partial charge in [0, 0.05) is 21.2 Å². The van der Waals surface area contributed by atoms with E-state index in [1.165, 1.54) is 4.90 Å². The second-order valence-corrected chi connectivity index (χ2v) is 9.07. The SMILES string of the molecule is O=C(C[C@@]1(O)C(=O)N(Cc2ccc(Cl)cc2)c2ccc(Cl)cc21)c1ccc2ccccc2c1. The van der Waals surface area contributed by atoms with Gasteiger partial charge in [-0.1, -0.05) is 71.7 Å². The van der Waals surface area contributed by atoms with Gasteiger partial charge >= 0.3 is 0 Å². The van der Waals surface area contributed by atoms with E-state index in [0.717, 1.165) is 16.3 Å². The highest BCUT2D eigenvalue weighted by Gasteiger charge is 2.51. The van der Waals surface area contributed by atoms with Crippen LogP contribution in [0.4, 0.5) is 5.69 Å². The van der Waals surface area contributed by atoms with Crippen molar-refractivity contribution in [3.05, 3.63) is 112 Å². The molecule has 0 saturated heterocycles. The Morgan fingerprint density at radius 1 is 0.848 bits per heavy atom. The van der Waals surface area contributed by atoms with Crippen LogP contribution in [0.3, 0.4) is 0 Å². The zero-order chi connectivity index (χ0) is 23.2. The van der Waals surface area contributed by atoms with Gasteiger partial charge in [-0.3, -0.25) is 9.59 Å². The number of ketones is 1. The lowest BCUT2D eigenvalue weighted by Gasteiger charge is -2.23. The Morgan fingerprint density at radius 3 is 2.30 bits per heavy atom. The van der Waals surface area contributed by atoms with Crippen LogP contribution >= 0.6 is 23.2 Å².